The Labute approximate surface area is 556 Å². The highest BCUT2D eigenvalue weighted by Crippen LogP contribution is 2.45. The van der Waals surface area contributed by atoms with E-state index < -0.39 is 97.5 Å². The van der Waals surface area contributed by atoms with Crippen molar-refractivity contribution in [1.29, 1.82) is 0 Å². The molecule has 0 saturated heterocycles. The Morgan fingerprint density at radius 1 is 0.275 bits per heavy atom. The number of aliphatic hydroxyl groups is 1. The number of unbranched alkanes of at least 4 members (excludes halogenated alkanes) is 35. The molecule has 0 aromatic heterocycles. The lowest BCUT2D eigenvalue weighted by Gasteiger charge is -2.21. The van der Waals surface area contributed by atoms with Gasteiger partial charge in [-0.2, -0.15) is 0 Å². The van der Waals surface area contributed by atoms with E-state index in [1.165, 1.54) is 148 Å². The predicted molar refractivity (Wildman–Crippen MR) is 367 cm³/mol. The van der Waals surface area contributed by atoms with Gasteiger partial charge in [-0.3, -0.25) is 37.3 Å². The van der Waals surface area contributed by atoms with Crippen molar-refractivity contribution in [3.63, 3.8) is 0 Å². The van der Waals surface area contributed by atoms with Crippen LogP contribution in [0.1, 0.15) is 357 Å². The van der Waals surface area contributed by atoms with Crippen molar-refractivity contribution in [2.75, 3.05) is 39.6 Å². The molecular formula is C72H140O17P2. The number of rotatable bonds is 69. The predicted octanol–water partition coefficient (Wildman–Crippen LogP) is 20.5. The monoisotopic (exact) mass is 1340 g/mol. The maximum absolute atomic E-state index is 13.0. The molecule has 3 unspecified atom stereocenters. The maximum atomic E-state index is 13.0. The lowest BCUT2D eigenvalue weighted by Crippen LogP contribution is -2.30. The summed E-state index contributed by atoms with van der Waals surface area (Å²) in [6.07, 6.45) is 44.7. The fraction of sp³-hybridized carbons (Fsp3) is 0.944. The number of aliphatic hydroxyl groups excluding tert-OH is 1. The molecule has 19 heteroatoms. The van der Waals surface area contributed by atoms with Crippen LogP contribution in [0.2, 0.25) is 0 Å². The van der Waals surface area contributed by atoms with Gasteiger partial charge in [-0.05, 0) is 49.4 Å². The smallest absolute Gasteiger partial charge is 0.462 e. The standard InChI is InChI=1S/C72H140O17P2/c1-62(2)48-40-32-24-19-15-13-11-9-10-12-14-16-21-27-38-46-54-71(76)89-68(59-83-70(75)53-45-37-31-30-35-43-51-65(7)8)61-87-91(80,81)85-57-66(73)56-84-90(78,79)86-60-67(58-82-69(74)52-44-36-29-23-26-34-42-50-64(5)6)88-72(77)55-47-39-28-22-18-17-20-25-33-41-49-63(3)4/h62-68,73H,9-61H2,1-8H3,(H,78,79)(H,80,81)/t66?,67-,68-/m1/s1. The van der Waals surface area contributed by atoms with Gasteiger partial charge in [0.15, 0.2) is 12.2 Å². The zero-order valence-corrected chi connectivity index (χ0v) is 61.3. The van der Waals surface area contributed by atoms with Crippen LogP contribution < -0.4 is 0 Å². The molecule has 0 aliphatic carbocycles. The van der Waals surface area contributed by atoms with Gasteiger partial charge in [0.05, 0.1) is 26.4 Å². The fourth-order valence-electron chi connectivity index (χ4n) is 10.8. The molecule has 0 spiro atoms. The molecule has 0 aliphatic heterocycles. The molecule has 17 nitrogen and oxygen atoms in total. The third-order valence-corrected chi connectivity index (χ3v) is 18.5. The molecule has 0 bridgehead atoms. The molecule has 91 heavy (non-hydrogen) atoms. The largest absolute Gasteiger partial charge is 0.472 e. The maximum Gasteiger partial charge on any atom is 0.472 e. The van der Waals surface area contributed by atoms with Gasteiger partial charge in [-0.25, -0.2) is 9.13 Å². The number of esters is 4. The van der Waals surface area contributed by atoms with Crippen LogP contribution in [0.25, 0.3) is 0 Å². The van der Waals surface area contributed by atoms with Gasteiger partial charge in [-0.1, -0.05) is 306 Å². The molecule has 0 amide bonds. The van der Waals surface area contributed by atoms with E-state index in [0.717, 1.165) is 115 Å². The lowest BCUT2D eigenvalue weighted by atomic mass is 10.0. The molecule has 0 aromatic rings. The topological polar surface area (TPSA) is 237 Å². The van der Waals surface area contributed by atoms with Crippen LogP contribution in [-0.4, -0.2) is 96.7 Å². The third-order valence-electron chi connectivity index (χ3n) is 16.6. The molecule has 0 aliphatic rings. The average molecular weight is 1340 g/mol. The van der Waals surface area contributed by atoms with Crippen molar-refractivity contribution in [2.24, 2.45) is 23.7 Å². The Morgan fingerprint density at radius 3 is 0.681 bits per heavy atom. The van der Waals surface area contributed by atoms with E-state index in [9.17, 15) is 43.2 Å². The number of hydrogen-bond acceptors (Lipinski definition) is 15. The van der Waals surface area contributed by atoms with Crippen LogP contribution in [0.4, 0.5) is 0 Å². The summed E-state index contributed by atoms with van der Waals surface area (Å²) in [6, 6.07) is 0. The Kier molecular flexibility index (Phi) is 60.3. The van der Waals surface area contributed by atoms with Crippen LogP contribution >= 0.6 is 15.6 Å². The van der Waals surface area contributed by atoms with Crippen molar-refractivity contribution < 1.29 is 80.2 Å². The summed E-state index contributed by atoms with van der Waals surface area (Å²) in [7, 11) is -9.90. The Bertz CT molecular complexity index is 1800. The van der Waals surface area contributed by atoms with Crippen LogP contribution in [-0.2, 0) is 65.4 Å². The summed E-state index contributed by atoms with van der Waals surface area (Å²) >= 11 is 0. The summed E-state index contributed by atoms with van der Waals surface area (Å²) in [4.78, 5) is 72.5. The number of phosphoric acid groups is 2. The fourth-order valence-corrected chi connectivity index (χ4v) is 12.4. The van der Waals surface area contributed by atoms with Crippen LogP contribution in [0.5, 0.6) is 0 Å². The number of phosphoric ester groups is 2. The zero-order valence-electron chi connectivity index (χ0n) is 59.5. The first-order valence-corrected chi connectivity index (χ1v) is 40.2. The van der Waals surface area contributed by atoms with Gasteiger partial charge in [-0.15, -0.1) is 0 Å². The van der Waals surface area contributed by atoms with Crippen molar-refractivity contribution >= 4 is 39.5 Å². The first-order chi connectivity index (χ1) is 43.6. The van der Waals surface area contributed by atoms with E-state index in [2.05, 4.69) is 55.4 Å². The number of ether oxygens (including phenoxy) is 4. The van der Waals surface area contributed by atoms with Crippen LogP contribution in [0.3, 0.4) is 0 Å². The van der Waals surface area contributed by atoms with Gasteiger partial charge >= 0.3 is 39.5 Å². The van der Waals surface area contributed by atoms with Crippen LogP contribution in [0, 0.1) is 23.7 Å². The third kappa shape index (κ3) is 66.5. The molecule has 3 N–H and O–H groups in total. The van der Waals surface area contributed by atoms with Crippen molar-refractivity contribution in [3.8, 4) is 0 Å². The average Bonchev–Trinajstić information content (AvgIpc) is 1.98. The van der Waals surface area contributed by atoms with Gasteiger partial charge < -0.3 is 33.8 Å². The second-order valence-corrected chi connectivity index (χ2v) is 30.8. The highest BCUT2D eigenvalue weighted by molar-refractivity contribution is 7.47. The lowest BCUT2D eigenvalue weighted by molar-refractivity contribution is -0.161. The highest BCUT2D eigenvalue weighted by atomic mass is 31.2. The first kappa shape index (κ1) is 89.1. The zero-order chi connectivity index (χ0) is 67.5. The summed E-state index contributed by atoms with van der Waals surface area (Å²) in [5.41, 5.74) is 0. The van der Waals surface area contributed by atoms with Gasteiger partial charge in [0, 0.05) is 25.7 Å². The molecular weight excluding hydrogens is 1200 g/mol. The van der Waals surface area contributed by atoms with E-state index in [1.54, 1.807) is 0 Å². The van der Waals surface area contributed by atoms with Crippen molar-refractivity contribution in [3.05, 3.63) is 0 Å². The van der Waals surface area contributed by atoms with E-state index in [-0.39, 0.29) is 25.7 Å². The van der Waals surface area contributed by atoms with Crippen molar-refractivity contribution in [1.82, 2.24) is 0 Å². The minimum absolute atomic E-state index is 0.105. The molecule has 0 radical (unpaired) electrons. The van der Waals surface area contributed by atoms with Crippen LogP contribution in [0.15, 0.2) is 0 Å². The molecule has 0 aromatic carbocycles. The summed E-state index contributed by atoms with van der Waals surface area (Å²) in [5, 5.41) is 10.6. The van der Waals surface area contributed by atoms with E-state index in [0.29, 0.717) is 37.5 Å². The number of carbonyl (C=O) groups is 4. The highest BCUT2D eigenvalue weighted by Gasteiger charge is 2.30. The molecule has 0 heterocycles. The molecule has 0 rings (SSSR count). The normalized spacial score (nSPS) is 14.2. The quantitative estimate of drug-likeness (QED) is 0.0222. The van der Waals surface area contributed by atoms with Gasteiger partial charge in [0.1, 0.15) is 19.3 Å². The van der Waals surface area contributed by atoms with Gasteiger partial charge in [0.2, 0.25) is 0 Å². The Balaban J connectivity index is 5.19. The second kappa shape index (κ2) is 61.6. The second-order valence-electron chi connectivity index (χ2n) is 27.9. The minimum Gasteiger partial charge on any atom is -0.462 e. The van der Waals surface area contributed by atoms with E-state index in [4.69, 9.17) is 37.0 Å². The van der Waals surface area contributed by atoms with Crippen molar-refractivity contribution in [2.45, 2.75) is 375 Å². The summed E-state index contributed by atoms with van der Waals surface area (Å²) < 4.78 is 68.3. The van der Waals surface area contributed by atoms with E-state index in [1.807, 2.05) is 0 Å². The minimum atomic E-state index is -4.95. The van der Waals surface area contributed by atoms with Gasteiger partial charge in [0.25, 0.3) is 0 Å². The Hall–Kier alpha value is -1.94. The molecule has 0 fully saturated rings. The van der Waals surface area contributed by atoms with E-state index >= 15 is 0 Å². The first-order valence-electron chi connectivity index (χ1n) is 37.2. The summed E-state index contributed by atoms with van der Waals surface area (Å²) in [5.74, 6) is 0.816. The molecule has 5 atom stereocenters. The Morgan fingerprint density at radius 2 is 0.462 bits per heavy atom. The SMILES string of the molecule is CC(C)CCCCCCCCCCCCCCCCCCC(=O)O[C@H](COC(=O)CCCCCCCCC(C)C)COP(=O)(O)OCC(O)COP(=O)(O)OC[C@@H](COC(=O)CCCCCCCCCC(C)C)OC(=O)CCCCCCCCCCCCC(C)C. The number of hydrogen-bond donors (Lipinski definition) is 3. The molecule has 540 valence electrons. The summed E-state index contributed by atoms with van der Waals surface area (Å²) in [6.45, 7) is 14.0. The number of carbonyl (C=O) groups excluding carboxylic acids is 4. The molecule has 0 saturated carbocycles.